The Morgan fingerprint density at radius 3 is 2.35 bits per heavy atom. The summed E-state index contributed by atoms with van der Waals surface area (Å²) in [7, 11) is -3.48. The molecule has 128 valence electrons. The second-order valence-electron chi connectivity index (χ2n) is 5.89. The van der Waals surface area contributed by atoms with E-state index in [0.717, 1.165) is 18.4 Å². The molecule has 0 aliphatic carbocycles. The molecule has 1 aliphatic heterocycles. The van der Waals surface area contributed by atoms with Gasteiger partial charge in [0.1, 0.15) is 0 Å². The lowest BCUT2D eigenvalue weighted by Gasteiger charge is -2.21. The van der Waals surface area contributed by atoms with E-state index in [1.165, 1.54) is 4.31 Å². The van der Waals surface area contributed by atoms with Gasteiger partial charge in [0.2, 0.25) is 15.9 Å². The lowest BCUT2D eigenvalue weighted by atomic mass is 10.1. The van der Waals surface area contributed by atoms with Crippen molar-refractivity contribution < 1.29 is 13.2 Å². The van der Waals surface area contributed by atoms with Gasteiger partial charge >= 0.3 is 0 Å². The van der Waals surface area contributed by atoms with Gasteiger partial charge in [-0.25, -0.2) is 8.42 Å². The summed E-state index contributed by atoms with van der Waals surface area (Å²) in [6.45, 7) is 5.87. The summed E-state index contributed by atoms with van der Waals surface area (Å²) in [5, 5.41) is 0. The highest BCUT2D eigenvalue weighted by Crippen LogP contribution is 2.19. The van der Waals surface area contributed by atoms with Crippen LogP contribution in [0.2, 0.25) is 0 Å². The second kappa shape index (κ2) is 7.93. The fraction of sp³-hybridized carbons (Fsp3) is 0.588. The normalized spacial score (nSPS) is 17.0. The van der Waals surface area contributed by atoms with Crippen LogP contribution in [0.5, 0.6) is 0 Å². The highest BCUT2D eigenvalue weighted by Gasteiger charge is 2.27. The van der Waals surface area contributed by atoms with Crippen molar-refractivity contribution in [3.8, 4) is 0 Å². The molecule has 0 radical (unpaired) electrons. The lowest BCUT2D eigenvalue weighted by Crippen LogP contribution is -2.37. The number of carbonyl (C=O) groups excluding carboxylic acids is 1. The van der Waals surface area contributed by atoms with E-state index < -0.39 is 10.0 Å². The van der Waals surface area contributed by atoms with Crippen LogP contribution in [0.25, 0.3) is 0 Å². The van der Waals surface area contributed by atoms with E-state index in [1.807, 2.05) is 19.1 Å². The molecule has 0 spiro atoms. The Bertz CT molecular complexity index is 626. The molecule has 0 bridgehead atoms. The summed E-state index contributed by atoms with van der Waals surface area (Å²) in [5.74, 6) is 0.0909. The van der Waals surface area contributed by atoms with Crippen LogP contribution in [0.1, 0.15) is 38.7 Å². The van der Waals surface area contributed by atoms with Crippen molar-refractivity contribution in [2.75, 3.05) is 26.2 Å². The van der Waals surface area contributed by atoms with Gasteiger partial charge in [0.25, 0.3) is 0 Å². The monoisotopic (exact) mass is 338 g/mol. The largest absolute Gasteiger partial charge is 0.341 e. The van der Waals surface area contributed by atoms with Crippen molar-refractivity contribution in [3.63, 3.8) is 0 Å². The third-order valence-corrected chi connectivity index (χ3v) is 6.12. The molecule has 6 heteroatoms. The Kier molecular flexibility index (Phi) is 6.18. The molecular formula is C17H26N2O3S. The highest BCUT2D eigenvalue weighted by molar-refractivity contribution is 7.89. The van der Waals surface area contributed by atoms with Crippen LogP contribution in [0.15, 0.2) is 29.2 Å². The molecule has 0 saturated carbocycles. The molecule has 0 unspecified atom stereocenters. The maximum atomic E-state index is 12.8. The van der Waals surface area contributed by atoms with E-state index in [1.54, 1.807) is 17.0 Å². The van der Waals surface area contributed by atoms with Crippen LogP contribution < -0.4 is 0 Å². The fourth-order valence-electron chi connectivity index (χ4n) is 2.87. The Balaban J connectivity index is 2.11. The van der Waals surface area contributed by atoms with Gasteiger partial charge in [0.15, 0.2) is 0 Å². The maximum absolute atomic E-state index is 12.8. The third kappa shape index (κ3) is 4.32. The average Bonchev–Trinajstić information content (AvgIpc) is 2.81. The number of sulfonamides is 1. The molecular weight excluding hydrogens is 312 g/mol. The number of carbonyl (C=O) groups is 1. The summed E-state index contributed by atoms with van der Waals surface area (Å²) in [6.07, 6.45) is 3.14. The van der Waals surface area contributed by atoms with E-state index >= 15 is 0 Å². The third-order valence-electron chi connectivity index (χ3n) is 4.21. The zero-order valence-electron chi connectivity index (χ0n) is 14.0. The first-order chi connectivity index (χ1) is 11.0. The maximum Gasteiger partial charge on any atom is 0.243 e. The van der Waals surface area contributed by atoms with Gasteiger partial charge in [-0.2, -0.15) is 4.31 Å². The summed E-state index contributed by atoms with van der Waals surface area (Å²) >= 11 is 0. The summed E-state index contributed by atoms with van der Waals surface area (Å²) in [5.41, 5.74) is 1.15. The quantitative estimate of drug-likeness (QED) is 0.827. The standard InChI is InChI=1S/C17H26N2O3S/c1-3-6-15-7-9-16(10-8-15)23(21,22)19-12-5-11-18(13-14-19)17(20)4-2/h7-10H,3-6,11-14H2,1-2H3. The number of hydrogen-bond acceptors (Lipinski definition) is 3. The number of benzene rings is 1. The minimum atomic E-state index is -3.48. The highest BCUT2D eigenvalue weighted by atomic mass is 32.2. The van der Waals surface area contributed by atoms with Gasteiger partial charge in [-0.05, 0) is 30.5 Å². The van der Waals surface area contributed by atoms with Crippen molar-refractivity contribution in [2.24, 2.45) is 0 Å². The number of hydrogen-bond donors (Lipinski definition) is 0. The summed E-state index contributed by atoms with van der Waals surface area (Å²) in [6, 6.07) is 7.17. The minimum Gasteiger partial charge on any atom is -0.341 e. The predicted molar refractivity (Wildman–Crippen MR) is 90.7 cm³/mol. The van der Waals surface area contributed by atoms with Gasteiger partial charge in [-0.15, -0.1) is 0 Å². The van der Waals surface area contributed by atoms with E-state index in [4.69, 9.17) is 0 Å². The molecule has 1 aliphatic rings. The van der Waals surface area contributed by atoms with Crippen molar-refractivity contribution >= 4 is 15.9 Å². The van der Waals surface area contributed by atoms with Gasteiger partial charge < -0.3 is 4.90 Å². The molecule has 1 heterocycles. The topological polar surface area (TPSA) is 57.7 Å². The van der Waals surface area contributed by atoms with Crippen molar-refractivity contribution in [3.05, 3.63) is 29.8 Å². The molecule has 23 heavy (non-hydrogen) atoms. The molecule has 1 fully saturated rings. The Hall–Kier alpha value is -1.40. The van der Waals surface area contributed by atoms with Crippen LogP contribution in [-0.4, -0.2) is 49.7 Å². The molecule has 2 rings (SSSR count). The van der Waals surface area contributed by atoms with Crippen LogP contribution in [0, 0.1) is 0 Å². The minimum absolute atomic E-state index is 0.0909. The Morgan fingerprint density at radius 1 is 1.04 bits per heavy atom. The van der Waals surface area contributed by atoms with Crippen LogP contribution >= 0.6 is 0 Å². The zero-order valence-corrected chi connectivity index (χ0v) is 14.8. The second-order valence-corrected chi connectivity index (χ2v) is 7.82. The molecule has 5 nitrogen and oxygen atoms in total. The zero-order chi connectivity index (χ0) is 16.9. The van der Waals surface area contributed by atoms with Gasteiger partial charge in [0, 0.05) is 32.6 Å². The predicted octanol–water partition coefficient (Wildman–Crippen LogP) is 2.27. The molecule has 1 aromatic carbocycles. The lowest BCUT2D eigenvalue weighted by molar-refractivity contribution is -0.130. The van der Waals surface area contributed by atoms with Gasteiger partial charge in [-0.3, -0.25) is 4.79 Å². The smallest absolute Gasteiger partial charge is 0.243 e. The first kappa shape index (κ1) is 17.9. The van der Waals surface area contributed by atoms with E-state index in [-0.39, 0.29) is 5.91 Å². The van der Waals surface area contributed by atoms with Crippen molar-refractivity contribution in [1.82, 2.24) is 9.21 Å². The number of amides is 1. The molecule has 1 amide bonds. The number of rotatable bonds is 5. The Labute approximate surface area is 139 Å². The van der Waals surface area contributed by atoms with Gasteiger partial charge in [0.05, 0.1) is 4.90 Å². The molecule has 0 atom stereocenters. The van der Waals surface area contributed by atoms with Gasteiger partial charge in [-0.1, -0.05) is 32.4 Å². The van der Waals surface area contributed by atoms with E-state index in [2.05, 4.69) is 6.92 Å². The molecule has 0 aromatic heterocycles. The van der Waals surface area contributed by atoms with E-state index in [0.29, 0.717) is 43.9 Å². The van der Waals surface area contributed by atoms with E-state index in [9.17, 15) is 13.2 Å². The fourth-order valence-corrected chi connectivity index (χ4v) is 4.34. The average molecular weight is 338 g/mol. The summed E-state index contributed by atoms with van der Waals surface area (Å²) in [4.78, 5) is 13.9. The summed E-state index contributed by atoms with van der Waals surface area (Å²) < 4.78 is 27.1. The number of nitrogens with zero attached hydrogens (tertiary/aromatic N) is 2. The Morgan fingerprint density at radius 2 is 1.74 bits per heavy atom. The SMILES string of the molecule is CCCc1ccc(S(=O)(=O)N2CCCN(C(=O)CC)CC2)cc1. The van der Waals surface area contributed by atoms with Crippen LogP contribution in [0.4, 0.5) is 0 Å². The van der Waals surface area contributed by atoms with Crippen molar-refractivity contribution in [2.45, 2.75) is 44.4 Å². The van der Waals surface area contributed by atoms with Crippen LogP contribution in [-0.2, 0) is 21.2 Å². The molecule has 1 aromatic rings. The first-order valence-electron chi connectivity index (χ1n) is 8.36. The first-order valence-corrected chi connectivity index (χ1v) is 9.80. The van der Waals surface area contributed by atoms with Crippen LogP contribution in [0.3, 0.4) is 0 Å². The van der Waals surface area contributed by atoms with Crippen molar-refractivity contribution in [1.29, 1.82) is 0 Å². The number of aryl methyl sites for hydroxylation is 1. The molecule has 1 saturated heterocycles. The molecule has 0 N–H and O–H groups in total.